The Balaban J connectivity index is 1.60. The van der Waals surface area contributed by atoms with E-state index in [1.165, 1.54) is 0 Å². The van der Waals surface area contributed by atoms with Crippen molar-refractivity contribution >= 4 is 22.8 Å². The minimum absolute atomic E-state index is 0.0735. The maximum Gasteiger partial charge on any atom is 0.253 e. The molecule has 2 amide bonds. The van der Waals surface area contributed by atoms with Gasteiger partial charge in [-0.05, 0) is 31.4 Å². The molecule has 0 saturated carbocycles. The predicted molar refractivity (Wildman–Crippen MR) is 92.8 cm³/mol. The second kappa shape index (κ2) is 7.47. The van der Waals surface area contributed by atoms with Gasteiger partial charge < -0.3 is 14.8 Å². The topological polar surface area (TPSA) is 67.2 Å². The largest absolute Gasteiger partial charge is 0.352 e. The van der Waals surface area contributed by atoms with Crippen molar-refractivity contribution in [2.45, 2.75) is 39.2 Å². The summed E-state index contributed by atoms with van der Waals surface area (Å²) in [6, 6.07) is 3.79. The standard InChI is InChI=1S/C18H24N4O2/c1-2-10-22-13-15(14-6-3-8-19-17(14)22)18(24)20-9-5-12-21-11-4-7-16(21)23/h3,6,8,13H,2,4-5,7,9-12H2,1H3,(H,20,24). The molecule has 0 unspecified atom stereocenters. The van der Waals surface area contributed by atoms with E-state index < -0.39 is 0 Å². The second-order valence-corrected chi connectivity index (χ2v) is 6.20. The van der Waals surface area contributed by atoms with Crippen LogP contribution in [0.5, 0.6) is 0 Å². The number of fused-ring (bicyclic) bond motifs is 1. The van der Waals surface area contributed by atoms with Crippen LogP contribution in [0.4, 0.5) is 0 Å². The number of rotatable bonds is 7. The molecule has 1 aliphatic heterocycles. The first kappa shape index (κ1) is 16.5. The summed E-state index contributed by atoms with van der Waals surface area (Å²) >= 11 is 0. The number of pyridine rings is 1. The van der Waals surface area contributed by atoms with Crippen molar-refractivity contribution in [2.24, 2.45) is 0 Å². The zero-order valence-corrected chi connectivity index (χ0v) is 14.1. The Kier molecular flexibility index (Phi) is 5.13. The molecule has 3 rings (SSSR count). The minimum Gasteiger partial charge on any atom is -0.352 e. The first-order chi connectivity index (χ1) is 11.7. The van der Waals surface area contributed by atoms with Crippen LogP contribution >= 0.6 is 0 Å². The van der Waals surface area contributed by atoms with Crippen LogP contribution in [-0.4, -0.2) is 45.9 Å². The predicted octanol–water partition coefficient (Wildman–Crippen LogP) is 2.19. The van der Waals surface area contributed by atoms with Crippen molar-refractivity contribution in [1.82, 2.24) is 19.8 Å². The number of carbonyl (C=O) groups is 2. The van der Waals surface area contributed by atoms with Crippen molar-refractivity contribution in [3.8, 4) is 0 Å². The van der Waals surface area contributed by atoms with Gasteiger partial charge in [0.2, 0.25) is 5.91 Å². The third-order valence-corrected chi connectivity index (χ3v) is 4.40. The number of likely N-dealkylation sites (tertiary alicyclic amines) is 1. The molecular formula is C18H24N4O2. The highest BCUT2D eigenvalue weighted by Crippen LogP contribution is 2.19. The van der Waals surface area contributed by atoms with Crippen LogP contribution in [0.3, 0.4) is 0 Å². The van der Waals surface area contributed by atoms with Gasteiger partial charge in [-0.3, -0.25) is 9.59 Å². The number of aromatic nitrogens is 2. The Morgan fingerprint density at radius 3 is 3.00 bits per heavy atom. The zero-order chi connectivity index (χ0) is 16.9. The summed E-state index contributed by atoms with van der Waals surface area (Å²) in [7, 11) is 0. The Labute approximate surface area is 141 Å². The highest BCUT2D eigenvalue weighted by Gasteiger charge is 2.19. The number of nitrogens with one attached hydrogen (secondary N) is 1. The van der Waals surface area contributed by atoms with Crippen LogP contribution in [0.25, 0.3) is 11.0 Å². The molecule has 6 heteroatoms. The number of hydrogen-bond acceptors (Lipinski definition) is 3. The summed E-state index contributed by atoms with van der Waals surface area (Å²) in [6.45, 7) is 5.09. The van der Waals surface area contributed by atoms with E-state index >= 15 is 0 Å². The summed E-state index contributed by atoms with van der Waals surface area (Å²) in [5.41, 5.74) is 1.52. The summed E-state index contributed by atoms with van der Waals surface area (Å²) in [5.74, 6) is 0.158. The van der Waals surface area contributed by atoms with Crippen molar-refractivity contribution in [3.63, 3.8) is 0 Å². The molecule has 0 aliphatic carbocycles. The molecule has 3 heterocycles. The van der Waals surface area contributed by atoms with Crippen LogP contribution in [0, 0.1) is 0 Å². The lowest BCUT2D eigenvalue weighted by molar-refractivity contribution is -0.127. The highest BCUT2D eigenvalue weighted by atomic mass is 16.2. The molecule has 0 bridgehead atoms. The van der Waals surface area contributed by atoms with Gasteiger partial charge in [-0.1, -0.05) is 6.92 Å². The third kappa shape index (κ3) is 3.42. The zero-order valence-electron chi connectivity index (χ0n) is 14.1. The average molecular weight is 328 g/mol. The Morgan fingerprint density at radius 1 is 1.38 bits per heavy atom. The van der Waals surface area contributed by atoms with Gasteiger partial charge >= 0.3 is 0 Å². The van der Waals surface area contributed by atoms with Gasteiger partial charge in [-0.2, -0.15) is 0 Å². The van der Waals surface area contributed by atoms with Crippen LogP contribution in [0.15, 0.2) is 24.5 Å². The van der Waals surface area contributed by atoms with E-state index in [1.807, 2.05) is 27.8 Å². The fourth-order valence-electron chi connectivity index (χ4n) is 3.22. The average Bonchev–Trinajstić information content (AvgIpc) is 3.16. The maximum atomic E-state index is 12.5. The highest BCUT2D eigenvalue weighted by molar-refractivity contribution is 6.06. The Bertz CT molecular complexity index is 738. The lowest BCUT2D eigenvalue weighted by atomic mass is 10.2. The van der Waals surface area contributed by atoms with E-state index in [4.69, 9.17) is 0 Å². The van der Waals surface area contributed by atoms with Gasteiger partial charge in [0.15, 0.2) is 0 Å². The number of nitrogens with zero attached hydrogens (tertiary/aromatic N) is 3. The molecule has 0 radical (unpaired) electrons. The van der Waals surface area contributed by atoms with Gasteiger partial charge in [-0.25, -0.2) is 4.98 Å². The summed E-state index contributed by atoms with van der Waals surface area (Å²) < 4.78 is 2.03. The molecule has 1 saturated heterocycles. The van der Waals surface area contributed by atoms with E-state index in [-0.39, 0.29) is 11.8 Å². The molecule has 1 aliphatic rings. The molecular weight excluding hydrogens is 304 g/mol. The molecule has 1 fully saturated rings. The SMILES string of the molecule is CCCn1cc(C(=O)NCCCN2CCCC2=O)c2cccnc21. The molecule has 24 heavy (non-hydrogen) atoms. The molecule has 0 spiro atoms. The fraction of sp³-hybridized carbons (Fsp3) is 0.500. The van der Waals surface area contributed by atoms with Crippen molar-refractivity contribution in [3.05, 3.63) is 30.1 Å². The van der Waals surface area contributed by atoms with E-state index in [2.05, 4.69) is 17.2 Å². The van der Waals surface area contributed by atoms with Crippen LogP contribution in [0.2, 0.25) is 0 Å². The minimum atomic E-state index is -0.0735. The lowest BCUT2D eigenvalue weighted by Gasteiger charge is -2.15. The smallest absolute Gasteiger partial charge is 0.253 e. The van der Waals surface area contributed by atoms with E-state index in [9.17, 15) is 9.59 Å². The van der Waals surface area contributed by atoms with Crippen molar-refractivity contribution in [1.29, 1.82) is 0 Å². The van der Waals surface area contributed by atoms with Crippen LogP contribution in [0.1, 0.15) is 43.0 Å². The number of hydrogen-bond donors (Lipinski definition) is 1. The fourth-order valence-corrected chi connectivity index (χ4v) is 3.22. The Hall–Kier alpha value is -2.37. The monoisotopic (exact) mass is 328 g/mol. The Morgan fingerprint density at radius 2 is 2.25 bits per heavy atom. The van der Waals surface area contributed by atoms with Gasteiger partial charge in [0.05, 0.1) is 5.56 Å². The van der Waals surface area contributed by atoms with E-state index in [0.29, 0.717) is 18.5 Å². The third-order valence-electron chi connectivity index (χ3n) is 4.40. The quantitative estimate of drug-likeness (QED) is 0.792. The van der Waals surface area contributed by atoms with Gasteiger partial charge in [-0.15, -0.1) is 0 Å². The van der Waals surface area contributed by atoms with E-state index in [1.54, 1.807) is 6.20 Å². The van der Waals surface area contributed by atoms with Gasteiger partial charge in [0, 0.05) is 50.4 Å². The molecule has 6 nitrogen and oxygen atoms in total. The second-order valence-electron chi connectivity index (χ2n) is 6.20. The van der Waals surface area contributed by atoms with Crippen LogP contribution < -0.4 is 5.32 Å². The van der Waals surface area contributed by atoms with Gasteiger partial charge in [0.25, 0.3) is 5.91 Å². The normalized spacial score (nSPS) is 14.5. The van der Waals surface area contributed by atoms with Crippen LogP contribution in [-0.2, 0) is 11.3 Å². The van der Waals surface area contributed by atoms with E-state index in [0.717, 1.165) is 49.9 Å². The molecule has 2 aromatic heterocycles. The van der Waals surface area contributed by atoms with Gasteiger partial charge in [0.1, 0.15) is 5.65 Å². The molecule has 0 aromatic carbocycles. The van der Waals surface area contributed by atoms with Crippen molar-refractivity contribution in [2.75, 3.05) is 19.6 Å². The summed E-state index contributed by atoms with van der Waals surface area (Å²) in [4.78, 5) is 30.3. The number of carbonyl (C=O) groups excluding carboxylic acids is 2. The first-order valence-corrected chi connectivity index (χ1v) is 8.70. The molecule has 0 atom stereocenters. The van der Waals surface area contributed by atoms with Crippen molar-refractivity contribution < 1.29 is 9.59 Å². The number of aryl methyl sites for hydroxylation is 1. The molecule has 2 aromatic rings. The molecule has 128 valence electrons. The number of amides is 2. The summed E-state index contributed by atoms with van der Waals surface area (Å²) in [5, 5.41) is 3.85. The maximum absolute atomic E-state index is 12.5. The first-order valence-electron chi connectivity index (χ1n) is 8.70. The lowest BCUT2D eigenvalue weighted by Crippen LogP contribution is -2.30. The molecule has 1 N–H and O–H groups in total. The summed E-state index contributed by atoms with van der Waals surface area (Å²) in [6.07, 6.45) is 7.03.